The Morgan fingerprint density at radius 3 is 2.48 bits per heavy atom. The highest BCUT2D eigenvalue weighted by Gasteiger charge is 2.16. The van der Waals surface area contributed by atoms with E-state index in [0.29, 0.717) is 25.6 Å². The van der Waals surface area contributed by atoms with E-state index in [1.807, 2.05) is 61.2 Å². The molecule has 0 saturated carbocycles. The molecule has 1 heterocycles. The summed E-state index contributed by atoms with van der Waals surface area (Å²) >= 11 is 0. The maximum absolute atomic E-state index is 11.7. The number of nitrogens with one attached hydrogen (secondary N) is 3. The Kier molecular flexibility index (Phi) is 9.07. The molecule has 9 heteroatoms. The van der Waals surface area contributed by atoms with Gasteiger partial charge in [0.25, 0.3) is 0 Å². The second-order valence-corrected chi connectivity index (χ2v) is 7.50. The SMILES string of the molecule is CCNC(=NCC(c1cnn(C)c1)N(C)C)NCCNC(=O)OC(C)(C)C. The normalized spacial score (nSPS) is 13.4. The molecule has 154 valence electrons. The van der Waals surface area contributed by atoms with Gasteiger partial charge in [-0.15, -0.1) is 0 Å². The van der Waals surface area contributed by atoms with Crippen LogP contribution in [0.5, 0.6) is 0 Å². The predicted molar refractivity (Wildman–Crippen MR) is 108 cm³/mol. The Morgan fingerprint density at radius 2 is 1.96 bits per heavy atom. The fraction of sp³-hybridized carbons (Fsp3) is 0.722. The fourth-order valence-corrected chi connectivity index (χ4v) is 2.36. The first-order chi connectivity index (χ1) is 12.6. The molecule has 1 unspecified atom stereocenters. The molecule has 1 amide bonds. The van der Waals surface area contributed by atoms with Gasteiger partial charge in [0.1, 0.15) is 5.60 Å². The molecule has 0 aliphatic heterocycles. The van der Waals surface area contributed by atoms with Crippen LogP contribution in [-0.4, -0.2) is 72.6 Å². The van der Waals surface area contributed by atoms with E-state index in [1.165, 1.54) is 0 Å². The Balaban J connectivity index is 2.54. The molecule has 0 radical (unpaired) electrons. The maximum atomic E-state index is 11.7. The van der Waals surface area contributed by atoms with Crippen molar-refractivity contribution in [1.82, 2.24) is 30.6 Å². The average Bonchev–Trinajstić information content (AvgIpc) is 2.95. The number of carbonyl (C=O) groups excluding carboxylic acids is 1. The molecular formula is C18H35N7O2. The standard InChI is InChI=1S/C18H35N7O2/c1-8-19-16(20-9-10-21-17(26)27-18(2,3)4)22-12-15(24(5)6)14-11-23-25(7)13-14/h11,13,15H,8-10,12H2,1-7H3,(H,21,26)(H2,19,20,22). The largest absolute Gasteiger partial charge is 0.444 e. The number of likely N-dealkylation sites (N-methyl/N-ethyl adjacent to an activating group) is 1. The number of hydrogen-bond donors (Lipinski definition) is 3. The summed E-state index contributed by atoms with van der Waals surface area (Å²) in [4.78, 5) is 18.4. The minimum Gasteiger partial charge on any atom is -0.444 e. The molecule has 0 aliphatic rings. The van der Waals surface area contributed by atoms with Gasteiger partial charge < -0.3 is 25.6 Å². The third-order valence-corrected chi connectivity index (χ3v) is 3.59. The third kappa shape index (κ3) is 9.28. The number of alkyl carbamates (subject to hydrolysis) is 1. The van der Waals surface area contributed by atoms with Crippen molar-refractivity contribution >= 4 is 12.1 Å². The van der Waals surface area contributed by atoms with E-state index in [9.17, 15) is 4.79 Å². The van der Waals surface area contributed by atoms with E-state index in [4.69, 9.17) is 4.74 Å². The van der Waals surface area contributed by atoms with Crippen LogP contribution in [0.1, 0.15) is 39.3 Å². The van der Waals surface area contributed by atoms with Gasteiger partial charge in [0.05, 0.1) is 18.8 Å². The number of nitrogens with zero attached hydrogens (tertiary/aromatic N) is 4. The van der Waals surface area contributed by atoms with Crippen LogP contribution in [0.15, 0.2) is 17.4 Å². The first-order valence-electron chi connectivity index (χ1n) is 9.26. The lowest BCUT2D eigenvalue weighted by Crippen LogP contribution is -2.42. The number of amides is 1. The molecule has 0 saturated heterocycles. The summed E-state index contributed by atoms with van der Waals surface area (Å²) in [6.45, 7) is 9.86. The highest BCUT2D eigenvalue weighted by molar-refractivity contribution is 5.79. The number of rotatable bonds is 8. The average molecular weight is 382 g/mol. The molecule has 1 atom stereocenters. The molecule has 0 aromatic carbocycles. The van der Waals surface area contributed by atoms with Crippen LogP contribution in [0.25, 0.3) is 0 Å². The quantitative estimate of drug-likeness (QED) is 0.355. The number of guanidine groups is 1. The van der Waals surface area contributed by atoms with Crippen LogP contribution < -0.4 is 16.0 Å². The van der Waals surface area contributed by atoms with Crippen molar-refractivity contribution < 1.29 is 9.53 Å². The first kappa shape index (κ1) is 22.8. The van der Waals surface area contributed by atoms with Crippen molar-refractivity contribution in [2.45, 2.75) is 39.3 Å². The molecule has 0 bridgehead atoms. The van der Waals surface area contributed by atoms with Crippen LogP contribution in [0.4, 0.5) is 4.79 Å². The second kappa shape index (κ2) is 10.8. The topological polar surface area (TPSA) is 95.8 Å². The van der Waals surface area contributed by atoms with E-state index in [2.05, 4.69) is 30.9 Å². The number of aryl methyl sites for hydroxylation is 1. The molecule has 1 rings (SSSR count). The van der Waals surface area contributed by atoms with Crippen molar-refractivity contribution in [3.05, 3.63) is 18.0 Å². The van der Waals surface area contributed by atoms with Gasteiger partial charge >= 0.3 is 6.09 Å². The van der Waals surface area contributed by atoms with Crippen LogP contribution in [0.2, 0.25) is 0 Å². The van der Waals surface area contributed by atoms with E-state index in [1.54, 1.807) is 4.68 Å². The summed E-state index contributed by atoms with van der Waals surface area (Å²) in [6, 6.07) is 0.133. The molecule has 3 N–H and O–H groups in total. The number of hydrogen-bond acceptors (Lipinski definition) is 5. The van der Waals surface area contributed by atoms with Gasteiger partial charge in [-0.25, -0.2) is 4.79 Å². The minimum absolute atomic E-state index is 0.133. The lowest BCUT2D eigenvalue weighted by molar-refractivity contribution is 0.0529. The summed E-state index contributed by atoms with van der Waals surface area (Å²) in [7, 11) is 5.96. The number of carbonyl (C=O) groups is 1. The zero-order valence-corrected chi connectivity index (χ0v) is 17.7. The van der Waals surface area contributed by atoms with E-state index in [0.717, 1.165) is 12.1 Å². The van der Waals surface area contributed by atoms with Crippen molar-refractivity contribution in [2.24, 2.45) is 12.0 Å². The van der Waals surface area contributed by atoms with Crippen LogP contribution in [0, 0.1) is 0 Å². The Labute approximate surface area is 162 Å². The van der Waals surface area contributed by atoms with Crippen LogP contribution in [0.3, 0.4) is 0 Å². The predicted octanol–water partition coefficient (Wildman–Crippen LogP) is 1.10. The molecule has 0 spiro atoms. The van der Waals surface area contributed by atoms with Crippen molar-refractivity contribution in [3.8, 4) is 0 Å². The van der Waals surface area contributed by atoms with E-state index in [-0.39, 0.29) is 6.04 Å². The summed E-state index contributed by atoms with van der Waals surface area (Å²) in [6.07, 6.45) is 3.45. The number of aromatic nitrogens is 2. The number of ether oxygens (including phenoxy) is 1. The zero-order chi connectivity index (χ0) is 20.4. The van der Waals surface area contributed by atoms with Gasteiger partial charge in [-0.1, -0.05) is 0 Å². The summed E-state index contributed by atoms with van der Waals surface area (Å²) in [5.41, 5.74) is 0.621. The Morgan fingerprint density at radius 1 is 1.30 bits per heavy atom. The van der Waals surface area contributed by atoms with Crippen LogP contribution >= 0.6 is 0 Å². The van der Waals surface area contributed by atoms with Gasteiger partial charge in [0.2, 0.25) is 0 Å². The molecule has 9 nitrogen and oxygen atoms in total. The van der Waals surface area contributed by atoms with Gasteiger partial charge in [-0.05, 0) is 41.8 Å². The lowest BCUT2D eigenvalue weighted by atomic mass is 10.1. The summed E-state index contributed by atoms with van der Waals surface area (Å²) in [5.74, 6) is 0.708. The summed E-state index contributed by atoms with van der Waals surface area (Å²) < 4.78 is 7.00. The molecule has 27 heavy (non-hydrogen) atoms. The van der Waals surface area contributed by atoms with E-state index >= 15 is 0 Å². The van der Waals surface area contributed by atoms with Gasteiger partial charge in [-0.2, -0.15) is 5.10 Å². The van der Waals surface area contributed by atoms with Crippen molar-refractivity contribution in [1.29, 1.82) is 0 Å². The van der Waals surface area contributed by atoms with Crippen LogP contribution in [-0.2, 0) is 11.8 Å². The number of aliphatic imine (C=N–C) groups is 1. The second-order valence-electron chi connectivity index (χ2n) is 7.50. The monoisotopic (exact) mass is 381 g/mol. The highest BCUT2D eigenvalue weighted by Crippen LogP contribution is 2.17. The van der Waals surface area contributed by atoms with Gasteiger partial charge in [0.15, 0.2) is 5.96 Å². The molecular weight excluding hydrogens is 346 g/mol. The van der Waals surface area contributed by atoms with E-state index < -0.39 is 11.7 Å². The van der Waals surface area contributed by atoms with Gasteiger partial charge in [0, 0.05) is 38.4 Å². The molecule has 0 aliphatic carbocycles. The van der Waals surface area contributed by atoms with Gasteiger partial charge in [-0.3, -0.25) is 9.67 Å². The maximum Gasteiger partial charge on any atom is 0.407 e. The highest BCUT2D eigenvalue weighted by atomic mass is 16.6. The van der Waals surface area contributed by atoms with Crippen molar-refractivity contribution in [3.63, 3.8) is 0 Å². The first-order valence-corrected chi connectivity index (χ1v) is 9.26. The smallest absolute Gasteiger partial charge is 0.407 e. The Hall–Kier alpha value is -2.29. The zero-order valence-electron chi connectivity index (χ0n) is 17.7. The fourth-order valence-electron chi connectivity index (χ4n) is 2.36. The molecule has 1 aromatic heterocycles. The minimum atomic E-state index is -0.499. The Bertz CT molecular complexity index is 605. The lowest BCUT2D eigenvalue weighted by Gasteiger charge is -2.22. The van der Waals surface area contributed by atoms with Crippen molar-refractivity contribution in [2.75, 3.05) is 40.3 Å². The molecule has 0 fully saturated rings. The summed E-state index contributed by atoms with van der Waals surface area (Å²) in [5, 5.41) is 13.4. The third-order valence-electron chi connectivity index (χ3n) is 3.59. The molecule has 1 aromatic rings.